The molecule has 3 rings (SSSR count). The minimum atomic E-state index is 0.113. The van der Waals surface area contributed by atoms with E-state index in [1.807, 2.05) is 23.1 Å². The second-order valence-corrected chi connectivity index (χ2v) is 7.57. The van der Waals surface area contributed by atoms with Gasteiger partial charge < -0.3 is 4.90 Å². The summed E-state index contributed by atoms with van der Waals surface area (Å²) in [6, 6.07) is 8.00. The maximum Gasteiger partial charge on any atom is 0.255 e. The van der Waals surface area contributed by atoms with Crippen LogP contribution in [0.5, 0.6) is 0 Å². The van der Waals surface area contributed by atoms with Gasteiger partial charge in [0.1, 0.15) is 0 Å². The Balaban J connectivity index is 1.87. The number of fused-ring (bicyclic) bond motifs is 1. The topological polar surface area (TPSA) is 20.3 Å². The lowest BCUT2D eigenvalue weighted by atomic mass is 10.1. The van der Waals surface area contributed by atoms with Crippen molar-refractivity contribution in [2.45, 2.75) is 13.0 Å². The molecule has 5 heteroatoms. The van der Waals surface area contributed by atoms with E-state index in [0.29, 0.717) is 0 Å². The Bertz CT molecular complexity index is 640. The fourth-order valence-corrected chi connectivity index (χ4v) is 4.05. The molecule has 0 radical (unpaired) electrons. The Morgan fingerprint density at radius 1 is 1.37 bits per heavy atom. The van der Waals surface area contributed by atoms with Crippen molar-refractivity contribution in [1.29, 1.82) is 0 Å². The number of rotatable bonds is 1. The van der Waals surface area contributed by atoms with Crippen LogP contribution in [0.25, 0.3) is 0 Å². The zero-order chi connectivity index (χ0) is 13.4. The molecule has 0 spiro atoms. The van der Waals surface area contributed by atoms with Crippen LogP contribution in [0.1, 0.15) is 20.8 Å². The molecule has 0 atom stereocenters. The van der Waals surface area contributed by atoms with E-state index in [2.05, 4.69) is 50.0 Å². The fraction of sp³-hybridized carbons (Fsp3) is 0.214. The highest BCUT2D eigenvalue weighted by Crippen LogP contribution is 2.27. The summed E-state index contributed by atoms with van der Waals surface area (Å²) in [6.07, 6.45) is 0.973. The van der Waals surface area contributed by atoms with E-state index < -0.39 is 0 Å². The Morgan fingerprint density at radius 3 is 3.05 bits per heavy atom. The van der Waals surface area contributed by atoms with Gasteiger partial charge in [-0.2, -0.15) is 0 Å². The van der Waals surface area contributed by atoms with Gasteiger partial charge in [-0.3, -0.25) is 4.79 Å². The van der Waals surface area contributed by atoms with Gasteiger partial charge in [0.2, 0.25) is 0 Å². The summed E-state index contributed by atoms with van der Waals surface area (Å²) in [6.45, 7) is 1.54. The second kappa shape index (κ2) is 5.54. The molecule has 0 saturated carbocycles. The number of carbonyl (C=O) groups excluding carboxylic acids is 1. The highest BCUT2D eigenvalue weighted by molar-refractivity contribution is 14.1. The lowest BCUT2D eigenvalue weighted by Gasteiger charge is -2.27. The molecule has 19 heavy (non-hydrogen) atoms. The number of carbonyl (C=O) groups is 1. The number of nitrogens with zero attached hydrogens (tertiary/aromatic N) is 1. The van der Waals surface area contributed by atoms with E-state index in [1.54, 1.807) is 11.3 Å². The van der Waals surface area contributed by atoms with Crippen molar-refractivity contribution >= 4 is 55.8 Å². The Kier molecular flexibility index (Phi) is 3.96. The van der Waals surface area contributed by atoms with E-state index in [-0.39, 0.29) is 5.91 Å². The number of hydrogen-bond acceptors (Lipinski definition) is 2. The first-order valence-electron chi connectivity index (χ1n) is 5.95. The number of benzene rings is 1. The second-order valence-electron chi connectivity index (χ2n) is 4.47. The molecular formula is C14H11BrINOS. The molecule has 2 nitrogen and oxygen atoms in total. The lowest BCUT2D eigenvalue weighted by Crippen LogP contribution is -2.35. The van der Waals surface area contributed by atoms with Crippen LogP contribution >= 0.6 is 49.9 Å². The summed E-state index contributed by atoms with van der Waals surface area (Å²) >= 11 is 7.50. The van der Waals surface area contributed by atoms with Crippen molar-refractivity contribution in [2.24, 2.45) is 0 Å². The van der Waals surface area contributed by atoms with Crippen LogP contribution in [-0.2, 0) is 13.0 Å². The summed E-state index contributed by atoms with van der Waals surface area (Å²) in [5.74, 6) is 0.113. The number of halogens is 2. The largest absolute Gasteiger partial charge is 0.334 e. The third-order valence-corrected chi connectivity index (χ3v) is 5.64. The summed E-state index contributed by atoms with van der Waals surface area (Å²) in [5, 5.41) is 2.11. The van der Waals surface area contributed by atoms with Crippen LogP contribution in [0.15, 0.2) is 34.1 Å². The molecule has 0 aliphatic carbocycles. The number of thiophene rings is 1. The SMILES string of the molecule is O=C(c1cc(I)ccc1Br)N1CCc2sccc2C1. The van der Waals surface area contributed by atoms with Crippen LogP contribution in [-0.4, -0.2) is 17.4 Å². The van der Waals surface area contributed by atoms with Gasteiger partial charge in [0.25, 0.3) is 5.91 Å². The number of hydrogen-bond donors (Lipinski definition) is 0. The predicted octanol–water partition coefficient (Wildman–Crippen LogP) is 4.31. The molecule has 2 heterocycles. The monoisotopic (exact) mass is 447 g/mol. The number of amides is 1. The van der Waals surface area contributed by atoms with E-state index in [9.17, 15) is 4.79 Å². The van der Waals surface area contributed by atoms with Gasteiger partial charge >= 0.3 is 0 Å². The first-order chi connectivity index (χ1) is 9.15. The van der Waals surface area contributed by atoms with Gasteiger partial charge in [0.15, 0.2) is 0 Å². The summed E-state index contributed by atoms with van der Waals surface area (Å²) in [5.41, 5.74) is 2.05. The van der Waals surface area contributed by atoms with Crippen LogP contribution < -0.4 is 0 Å². The lowest BCUT2D eigenvalue weighted by molar-refractivity contribution is 0.0735. The molecule has 0 N–H and O–H groups in total. The van der Waals surface area contributed by atoms with Crippen molar-refractivity contribution in [3.05, 3.63) is 53.7 Å². The molecule has 1 aliphatic heterocycles. The Labute approximate surface area is 138 Å². The van der Waals surface area contributed by atoms with Gasteiger partial charge in [-0.25, -0.2) is 0 Å². The highest BCUT2D eigenvalue weighted by atomic mass is 127. The molecule has 1 aliphatic rings. The third kappa shape index (κ3) is 2.73. The average Bonchev–Trinajstić information content (AvgIpc) is 2.88. The van der Waals surface area contributed by atoms with Crippen LogP contribution in [0.3, 0.4) is 0 Å². The van der Waals surface area contributed by atoms with Crippen LogP contribution in [0, 0.1) is 3.57 Å². The zero-order valence-corrected chi connectivity index (χ0v) is 14.6. The van der Waals surface area contributed by atoms with Gasteiger partial charge in [-0.1, -0.05) is 0 Å². The van der Waals surface area contributed by atoms with Gasteiger partial charge in [-0.15, -0.1) is 11.3 Å². The smallest absolute Gasteiger partial charge is 0.255 e. The normalized spacial score (nSPS) is 14.3. The maximum absolute atomic E-state index is 12.6. The van der Waals surface area contributed by atoms with Crippen LogP contribution in [0.2, 0.25) is 0 Å². The third-order valence-electron chi connectivity index (χ3n) is 3.25. The van der Waals surface area contributed by atoms with Crippen molar-refractivity contribution < 1.29 is 4.79 Å². The molecule has 1 amide bonds. The minimum Gasteiger partial charge on any atom is -0.334 e. The molecule has 0 saturated heterocycles. The molecule has 0 bridgehead atoms. The summed E-state index contributed by atoms with van der Waals surface area (Å²) in [4.78, 5) is 16.0. The van der Waals surface area contributed by atoms with E-state index >= 15 is 0 Å². The molecule has 2 aromatic rings. The summed E-state index contributed by atoms with van der Waals surface area (Å²) < 4.78 is 1.95. The predicted molar refractivity (Wildman–Crippen MR) is 89.6 cm³/mol. The standard InChI is InChI=1S/C14H11BrINOS/c15-12-2-1-10(16)7-11(12)14(18)17-5-3-13-9(8-17)4-6-19-13/h1-2,4,6-7H,3,5,8H2. The van der Waals surface area contributed by atoms with Crippen molar-refractivity contribution in [3.8, 4) is 0 Å². The van der Waals surface area contributed by atoms with Crippen molar-refractivity contribution in [2.75, 3.05) is 6.54 Å². The Hall–Kier alpha value is -0.400. The zero-order valence-electron chi connectivity index (χ0n) is 10.0. The Morgan fingerprint density at radius 2 is 2.21 bits per heavy atom. The molecule has 1 aromatic heterocycles. The van der Waals surface area contributed by atoms with E-state index in [0.717, 1.165) is 33.1 Å². The van der Waals surface area contributed by atoms with E-state index in [1.165, 1.54) is 10.4 Å². The maximum atomic E-state index is 12.6. The molecular weight excluding hydrogens is 437 g/mol. The summed E-state index contributed by atoms with van der Waals surface area (Å²) in [7, 11) is 0. The first-order valence-corrected chi connectivity index (χ1v) is 8.70. The first kappa shape index (κ1) is 13.6. The average molecular weight is 448 g/mol. The molecule has 1 aromatic carbocycles. The fourth-order valence-electron chi connectivity index (χ4n) is 2.25. The molecule has 98 valence electrons. The highest BCUT2D eigenvalue weighted by Gasteiger charge is 2.23. The van der Waals surface area contributed by atoms with Gasteiger partial charge in [-0.05, 0) is 80.2 Å². The van der Waals surface area contributed by atoms with E-state index in [4.69, 9.17) is 0 Å². The molecule has 0 unspecified atom stereocenters. The minimum absolute atomic E-state index is 0.113. The molecule has 0 fully saturated rings. The van der Waals surface area contributed by atoms with Crippen molar-refractivity contribution in [3.63, 3.8) is 0 Å². The quantitative estimate of drug-likeness (QED) is 0.596. The van der Waals surface area contributed by atoms with Crippen molar-refractivity contribution in [1.82, 2.24) is 4.90 Å². The van der Waals surface area contributed by atoms with Gasteiger partial charge in [0, 0.05) is 26.0 Å². The van der Waals surface area contributed by atoms with Gasteiger partial charge in [0.05, 0.1) is 5.56 Å². The van der Waals surface area contributed by atoms with Crippen LogP contribution in [0.4, 0.5) is 0 Å².